The first kappa shape index (κ1) is 12.8. The lowest BCUT2D eigenvalue weighted by Crippen LogP contribution is -2.02. The van der Waals surface area contributed by atoms with E-state index in [0.717, 1.165) is 31.0 Å². The minimum Gasteiger partial charge on any atom is -0.330 e. The zero-order chi connectivity index (χ0) is 12.0. The van der Waals surface area contributed by atoms with E-state index in [1.807, 2.05) is 0 Å². The number of rotatable bonds is 6. The summed E-state index contributed by atoms with van der Waals surface area (Å²) in [4.78, 5) is 11.5. The molecule has 0 spiro atoms. The van der Waals surface area contributed by atoms with Crippen molar-refractivity contribution in [2.45, 2.75) is 25.7 Å². The highest BCUT2D eigenvalue weighted by Gasteiger charge is 2.08. The maximum Gasteiger partial charge on any atom is 0.163 e. The van der Waals surface area contributed by atoms with Gasteiger partial charge in [0.1, 0.15) is 11.6 Å². The van der Waals surface area contributed by atoms with Crippen molar-refractivity contribution in [3.63, 3.8) is 0 Å². The van der Waals surface area contributed by atoms with Crippen LogP contribution in [0.15, 0.2) is 18.2 Å². The first-order valence-electron chi connectivity index (χ1n) is 5.33. The van der Waals surface area contributed by atoms with Gasteiger partial charge in [-0.2, -0.15) is 0 Å². The topological polar surface area (TPSA) is 43.1 Å². The van der Waals surface area contributed by atoms with Crippen molar-refractivity contribution in [1.29, 1.82) is 0 Å². The summed E-state index contributed by atoms with van der Waals surface area (Å²) < 4.78 is 25.6. The summed E-state index contributed by atoms with van der Waals surface area (Å²) in [6, 6.07) is 2.88. The molecule has 16 heavy (non-hydrogen) atoms. The fourth-order valence-corrected chi connectivity index (χ4v) is 1.47. The van der Waals surface area contributed by atoms with Crippen molar-refractivity contribution in [1.82, 2.24) is 0 Å². The van der Waals surface area contributed by atoms with Gasteiger partial charge in [-0.25, -0.2) is 8.78 Å². The van der Waals surface area contributed by atoms with E-state index in [1.54, 1.807) is 0 Å². The van der Waals surface area contributed by atoms with Gasteiger partial charge in [0.2, 0.25) is 0 Å². The Morgan fingerprint density at radius 1 is 1.06 bits per heavy atom. The van der Waals surface area contributed by atoms with E-state index < -0.39 is 11.6 Å². The van der Waals surface area contributed by atoms with E-state index in [2.05, 4.69) is 0 Å². The molecule has 2 nitrogen and oxygen atoms in total. The first-order valence-corrected chi connectivity index (χ1v) is 5.33. The van der Waals surface area contributed by atoms with Gasteiger partial charge in [0.05, 0.1) is 0 Å². The molecule has 0 radical (unpaired) electrons. The molecule has 0 heterocycles. The summed E-state index contributed by atoms with van der Waals surface area (Å²) >= 11 is 0. The van der Waals surface area contributed by atoms with Crippen LogP contribution in [0.25, 0.3) is 0 Å². The molecular weight excluding hydrogens is 212 g/mol. The summed E-state index contributed by atoms with van der Waals surface area (Å²) in [7, 11) is 0. The molecule has 0 aromatic heterocycles. The Kier molecular flexibility index (Phi) is 5.05. The number of nitrogens with two attached hydrogens (primary N) is 1. The van der Waals surface area contributed by atoms with Crippen LogP contribution >= 0.6 is 0 Å². The number of ketones is 1. The second-order valence-corrected chi connectivity index (χ2v) is 3.68. The number of halogens is 2. The minimum atomic E-state index is -0.717. The molecule has 0 aliphatic rings. The summed E-state index contributed by atoms with van der Waals surface area (Å²) in [6.07, 6.45) is 2.74. The Hall–Kier alpha value is -1.29. The normalized spacial score (nSPS) is 10.4. The Bertz CT molecular complexity index is 346. The summed E-state index contributed by atoms with van der Waals surface area (Å²) in [5.41, 5.74) is 5.41. The van der Waals surface area contributed by atoms with Crippen molar-refractivity contribution < 1.29 is 13.6 Å². The van der Waals surface area contributed by atoms with E-state index in [4.69, 9.17) is 5.73 Å². The van der Waals surface area contributed by atoms with E-state index in [9.17, 15) is 13.6 Å². The molecule has 1 aromatic rings. The van der Waals surface area contributed by atoms with Crippen molar-refractivity contribution in [3.05, 3.63) is 35.4 Å². The maximum atomic E-state index is 12.8. The number of hydrogen-bond acceptors (Lipinski definition) is 2. The monoisotopic (exact) mass is 227 g/mol. The quantitative estimate of drug-likeness (QED) is 0.599. The fourth-order valence-electron chi connectivity index (χ4n) is 1.47. The molecule has 0 atom stereocenters. The highest BCUT2D eigenvalue weighted by Crippen LogP contribution is 2.12. The highest BCUT2D eigenvalue weighted by molar-refractivity contribution is 5.96. The van der Waals surface area contributed by atoms with Gasteiger partial charge in [-0.05, 0) is 31.5 Å². The molecule has 2 N–H and O–H groups in total. The molecular formula is C12H15F2NO. The number of unbranched alkanes of at least 4 members (excludes halogenated alkanes) is 2. The van der Waals surface area contributed by atoms with Crippen LogP contribution in [-0.4, -0.2) is 12.3 Å². The van der Waals surface area contributed by atoms with Gasteiger partial charge in [0, 0.05) is 18.1 Å². The maximum absolute atomic E-state index is 12.8. The van der Waals surface area contributed by atoms with E-state index in [0.29, 0.717) is 19.4 Å². The Balaban J connectivity index is 2.52. The van der Waals surface area contributed by atoms with Crippen LogP contribution in [0.3, 0.4) is 0 Å². The van der Waals surface area contributed by atoms with Crippen LogP contribution in [0.4, 0.5) is 8.78 Å². The van der Waals surface area contributed by atoms with E-state index in [1.165, 1.54) is 0 Å². The van der Waals surface area contributed by atoms with Crippen LogP contribution < -0.4 is 5.73 Å². The smallest absolute Gasteiger partial charge is 0.163 e. The van der Waals surface area contributed by atoms with Gasteiger partial charge < -0.3 is 5.73 Å². The average molecular weight is 227 g/mol. The SMILES string of the molecule is NCCCCCC(=O)c1cc(F)cc(F)c1. The molecule has 0 aliphatic heterocycles. The predicted octanol–water partition coefficient (Wildman–Crippen LogP) is 2.67. The van der Waals surface area contributed by atoms with Crippen LogP contribution in [-0.2, 0) is 0 Å². The van der Waals surface area contributed by atoms with Gasteiger partial charge in [-0.15, -0.1) is 0 Å². The summed E-state index contributed by atoms with van der Waals surface area (Å²) in [5.74, 6) is -1.66. The van der Waals surface area contributed by atoms with Crippen molar-refractivity contribution in [2.24, 2.45) is 5.73 Å². The number of carbonyl (C=O) groups is 1. The third kappa shape index (κ3) is 4.06. The second-order valence-electron chi connectivity index (χ2n) is 3.68. The molecule has 0 bridgehead atoms. The van der Waals surface area contributed by atoms with Crippen molar-refractivity contribution in [3.8, 4) is 0 Å². The zero-order valence-electron chi connectivity index (χ0n) is 9.01. The largest absolute Gasteiger partial charge is 0.330 e. The van der Waals surface area contributed by atoms with E-state index in [-0.39, 0.29) is 11.3 Å². The molecule has 0 fully saturated rings. The fraction of sp³-hybridized carbons (Fsp3) is 0.417. The molecule has 1 rings (SSSR count). The molecule has 0 saturated heterocycles. The van der Waals surface area contributed by atoms with Crippen LogP contribution in [0.1, 0.15) is 36.0 Å². The minimum absolute atomic E-state index is 0.102. The number of Topliss-reactive ketones (excluding diaryl/α,β-unsaturated/α-hetero) is 1. The van der Waals surface area contributed by atoms with Crippen LogP contribution in [0, 0.1) is 11.6 Å². The molecule has 1 aromatic carbocycles. The molecule has 88 valence electrons. The lowest BCUT2D eigenvalue weighted by atomic mass is 10.0. The predicted molar refractivity (Wildman–Crippen MR) is 58.2 cm³/mol. The molecule has 0 aliphatic carbocycles. The summed E-state index contributed by atoms with van der Waals surface area (Å²) in [6.45, 7) is 0.600. The Morgan fingerprint density at radius 2 is 1.69 bits per heavy atom. The van der Waals surface area contributed by atoms with Gasteiger partial charge in [-0.3, -0.25) is 4.79 Å². The lowest BCUT2D eigenvalue weighted by Gasteiger charge is -2.01. The molecule has 0 unspecified atom stereocenters. The third-order valence-corrected chi connectivity index (χ3v) is 2.29. The van der Waals surface area contributed by atoms with Crippen LogP contribution in [0.5, 0.6) is 0 Å². The van der Waals surface area contributed by atoms with Gasteiger partial charge >= 0.3 is 0 Å². The van der Waals surface area contributed by atoms with Gasteiger partial charge in [0.25, 0.3) is 0 Å². The van der Waals surface area contributed by atoms with Crippen molar-refractivity contribution in [2.75, 3.05) is 6.54 Å². The Labute approximate surface area is 93.5 Å². The molecule has 0 saturated carbocycles. The number of benzene rings is 1. The van der Waals surface area contributed by atoms with Gasteiger partial charge in [-0.1, -0.05) is 6.42 Å². The number of hydrogen-bond donors (Lipinski definition) is 1. The Morgan fingerprint density at radius 3 is 2.25 bits per heavy atom. The van der Waals surface area contributed by atoms with Gasteiger partial charge in [0.15, 0.2) is 5.78 Å². The molecule has 0 amide bonds. The first-order chi connectivity index (χ1) is 7.63. The molecule has 4 heteroatoms. The zero-order valence-corrected chi connectivity index (χ0v) is 9.01. The van der Waals surface area contributed by atoms with Crippen molar-refractivity contribution >= 4 is 5.78 Å². The second kappa shape index (κ2) is 6.33. The third-order valence-electron chi connectivity index (χ3n) is 2.29. The highest BCUT2D eigenvalue weighted by atomic mass is 19.1. The average Bonchev–Trinajstić information content (AvgIpc) is 2.22. The summed E-state index contributed by atoms with van der Waals surface area (Å²) in [5, 5.41) is 0. The lowest BCUT2D eigenvalue weighted by molar-refractivity contribution is 0.0978. The van der Waals surface area contributed by atoms with Crippen LogP contribution in [0.2, 0.25) is 0 Å². The standard InChI is InChI=1S/C12H15F2NO/c13-10-6-9(7-11(14)8-10)12(16)4-2-1-3-5-15/h6-8H,1-5,15H2. The van der Waals surface area contributed by atoms with E-state index >= 15 is 0 Å². The number of carbonyl (C=O) groups excluding carboxylic acids is 1.